The van der Waals surface area contributed by atoms with E-state index < -0.39 is 21.8 Å². The van der Waals surface area contributed by atoms with Crippen molar-refractivity contribution in [3.63, 3.8) is 0 Å². The van der Waals surface area contributed by atoms with Gasteiger partial charge in [-0.05, 0) is 86.8 Å². The number of carbonyl (C=O) groups is 2. The normalized spacial score (nSPS) is 13.5. The number of urea groups is 1. The Balaban J connectivity index is 1.20. The number of nitrogens with one attached hydrogen (secondary N) is 3. The lowest BCUT2D eigenvalue weighted by Crippen LogP contribution is -2.34. The second kappa shape index (κ2) is 11.2. The van der Waals surface area contributed by atoms with Gasteiger partial charge in [-0.25, -0.2) is 18.2 Å². The number of hydrogen-bond donors (Lipinski definition) is 3. The Hall–Kier alpha value is -3.25. The van der Waals surface area contributed by atoms with Crippen LogP contribution in [0.2, 0.25) is 5.02 Å². The molecule has 1 fully saturated rings. The summed E-state index contributed by atoms with van der Waals surface area (Å²) in [5.74, 6) is 0.142. The lowest BCUT2D eigenvalue weighted by molar-refractivity contribution is 0.0967. The number of benzene rings is 2. The van der Waals surface area contributed by atoms with Crippen molar-refractivity contribution in [2.45, 2.75) is 24.2 Å². The SMILES string of the molecule is O=C(NC(=O)c1cc(-n2cccc2)ccc1Cl)Nc1nc2ccc(S(=O)(=O)CCCNCC3CC3)cc2s1. The van der Waals surface area contributed by atoms with E-state index in [0.717, 1.165) is 29.5 Å². The van der Waals surface area contributed by atoms with Crippen LogP contribution in [0.25, 0.3) is 15.9 Å². The fraction of sp³-hybridized carbons (Fsp3) is 0.269. The van der Waals surface area contributed by atoms with Crippen LogP contribution in [0.15, 0.2) is 65.8 Å². The zero-order valence-corrected chi connectivity index (χ0v) is 22.7. The molecule has 1 aliphatic rings. The van der Waals surface area contributed by atoms with E-state index in [-0.39, 0.29) is 26.4 Å². The van der Waals surface area contributed by atoms with Gasteiger partial charge in [-0.15, -0.1) is 0 Å². The van der Waals surface area contributed by atoms with E-state index in [1.54, 1.807) is 30.3 Å². The molecule has 1 aliphatic carbocycles. The van der Waals surface area contributed by atoms with Gasteiger partial charge < -0.3 is 9.88 Å². The summed E-state index contributed by atoms with van der Waals surface area (Å²) in [5, 5.41) is 8.56. The molecule has 9 nitrogen and oxygen atoms in total. The topological polar surface area (TPSA) is 122 Å². The zero-order valence-electron chi connectivity index (χ0n) is 20.3. The summed E-state index contributed by atoms with van der Waals surface area (Å²) in [6.07, 6.45) is 6.71. The molecule has 0 bridgehead atoms. The number of thiazole rings is 1. The van der Waals surface area contributed by atoms with Crippen molar-refractivity contribution in [3.05, 3.63) is 71.5 Å². The van der Waals surface area contributed by atoms with Crippen molar-refractivity contribution < 1.29 is 18.0 Å². The first-order chi connectivity index (χ1) is 18.3. The highest BCUT2D eigenvalue weighted by Gasteiger charge is 2.21. The Bertz CT molecular complexity index is 1580. The molecule has 0 aliphatic heterocycles. The van der Waals surface area contributed by atoms with Gasteiger partial charge in [-0.3, -0.25) is 15.4 Å². The maximum absolute atomic E-state index is 12.8. The maximum atomic E-state index is 12.8. The molecule has 38 heavy (non-hydrogen) atoms. The minimum atomic E-state index is -3.44. The smallest absolute Gasteiger partial charge is 0.324 e. The molecule has 1 saturated carbocycles. The van der Waals surface area contributed by atoms with E-state index in [1.165, 1.54) is 18.9 Å². The van der Waals surface area contributed by atoms with Gasteiger partial charge in [0.15, 0.2) is 15.0 Å². The molecule has 2 aromatic heterocycles. The van der Waals surface area contributed by atoms with E-state index in [2.05, 4.69) is 20.9 Å². The summed E-state index contributed by atoms with van der Waals surface area (Å²) >= 11 is 7.32. The van der Waals surface area contributed by atoms with Crippen LogP contribution in [0, 0.1) is 5.92 Å². The van der Waals surface area contributed by atoms with E-state index in [9.17, 15) is 18.0 Å². The Kier molecular flexibility index (Phi) is 7.80. The van der Waals surface area contributed by atoms with Crippen LogP contribution in [-0.4, -0.2) is 48.7 Å². The number of aromatic nitrogens is 2. The number of anilines is 1. The molecule has 2 heterocycles. The van der Waals surface area contributed by atoms with Gasteiger partial charge >= 0.3 is 6.03 Å². The van der Waals surface area contributed by atoms with Crippen LogP contribution in [0.4, 0.5) is 9.93 Å². The van der Waals surface area contributed by atoms with Crippen molar-refractivity contribution >= 4 is 60.1 Å². The van der Waals surface area contributed by atoms with Crippen molar-refractivity contribution in [1.82, 2.24) is 20.2 Å². The minimum absolute atomic E-state index is 0.0543. The fourth-order valence-corrected chi connectivity index (χ4v) is 6.45. The van der Waals surface area contributed by atoms with Crippen LogP contribution in [-0.2, 0) is 9.84 Å². The second-order valence-electron chi connectivity index (χ2n) is 9.13. The van der Waals surface area contributed by atoms with Crippen LogP contribution < -0.4 is 16.0 Å². The summed E-state index contributed by atoms with van der Waals surface area (Å²) in [6, 6.07) is 12.6. The lowest BCUT2D eigenvalue weighted by Gasteiger charge is -2.09. The largest absolute Gasteiger partial charge is 0.327 e. The molecule has 4 aromatic rings. The van der Waals surface area contributed by atoms with Crippen LogP contribution >= 0.6 is 22.9 Å². The number of amides is 3. The molecule has 3 N–H and O–H groups in total. The summed E-state index contributed by atoms with van der Waals surface area (Å²) in [7, 11) is -3.44. The van der Waals surface area contributed by atoms with Gasteiger partial charge in [0.05, 0.1) is 31.5 Å². The van der Waals surface area contributed by atoms with E-state index in [0.29, 0.717) is 23.2 Å². The minimum Gasteiger partial charge on any atom is -0.324 e. The molecule has 2 aromatic carbocycles. The van der Waals surface area contributed by atoms with Gasteiger partial charge in [0, 0.05) is 18.1 Å². The van der Waals surface area contributed by atoms with Gasteiger partial charge in [0.2, 0.25) is 0 Å². The Morgan fingerprint density at radius 3 is 2.66 bits per heavy atom. The number of hydrogen-bond acceptors (Lipinski definition) is 7. The predicted octanol–water partition coefficient (Wildman–Crippen LogP) is 4.87. The molecule has 0 atom stereocenters. The van der Waals surface area contributed by atoms with Crippen LogP contribution in [0.5, 0.6) is 0 Å². The van der Waals surface area contributed by atoms with Crippen molar-refractivity contribution in [2.75, 3.05) is 24.2 Å². The quantitative estimate of drug-likeness (QED) is 0.234. The molecule has 0 saturated heterocycles. The Labute approximate surface area is 229 Å². The summed E-state index contributed by atoms with van der Waals surface area (Å²) in [6.45, 7) is 1.62. The fourth-order valence-electron chi connectivity index (χ4n) is 3.94. The van der Waals surface area contributed by atoms with Gasteiger partial charge in [0.1, 0.15) is 0 Å². The molecule has 3 amide bonds. The van der Waals surface area contributed by atoms with Gasteiger partial charge in [0.25, 0.3) is 5.91 Å². The summed E-state index contributed by atoms with van der Waals surface area (Å²) in [4.78, 5) is 29.8. The van der Waals surface area contributed by atoms with Gasteiger partial charge in [-0.2, -0.15) is 0 Å². The Morgan fingerprint density at radius 2 is 1.89 bits per heavy atom. The highest BCUT2D eigenvalue weighted by Crippen LogP contribution is 2.29. The number of halogens is 1. The summed E-state index contributed by atoms with van der Waals surface area (Å²) < 4.78 is 28.0. The third kappa shape index (κ3) is 6.41. The number of rotatable bonds is 10. The number of sulfone groups is 1. The lowest BCUT2D eigenvalue weighted by atomic mass is 10.2. The van der Waals surface area contributed by atoms with Crippen LogP contribution in [0.3, 0.4) is 0 Å². The van der Waals surface area contributed by atoms with Crippen molar-refractivity contribution in [3.8, 4) is 5.69 Å². The van der Waals surface area contributed by atoms with Crippen molar-refractivity contribution in [1.29, 1.82) is 0 Å². The maximum Gasteiger partial charge on any atom is 0.327 e. The first kappa shape index (κ1) is 26.4. The average Bonchev–Trinajstić information content (AvgIpc) is 3.36. The highest BCUT2D eigenvalue weighted by atomic mass is 35.5. The molecule has 5 rings (SSSR count). The predicted molar refractivity (Wildman–Crippen MR) is 149 cm³/mol. The van der Waals surface area contributed by atoms with Crippen molar-refractivity contribution in [2.24, 2.45) is 5.92 Å². The Morgan fingerprint density at radius 1 is 1.11 bits per heavy atom. The number of imide groups is 1. The zero-order chi connectivity index (χ0) is 26.7. The average molecular weight is 572 g/mol. The molecular formula is C26H26ClN5O4S2. The molecule has 0 unspecified atom stereocenters. The number of carbonyl (C=O) groups excluding carboxylic acids is 2. The molecule has 0 radical (unpaired) electrons. The third-order valence-corrected chi connectivity index (χ3v) is 9.22. The highest BCUT2D eigenvalue weighted by molar-refractivity contribution is 7.91. The van der Waals surface area contributed by atoms with E-state index in [4.69, 9.17) is 11.6 Å². The number of nitrogens with zero attached hydrogens (tertiary/aromatic N) is 2. The van der Waals surface area contributed by atoms with E-state index in [1.807, 2.05) is 29.1 Å². The van der Waals surface area contributed by atoms with Gasteiger partial charge in [-0.1, -0.05) is 22.9 Å². The third-order valence-electron chi connectivity index (χ3n) is 6.16. The second-order valence-corrected chi connectivity index (χ2v) is 12.7. The standard InChI is InChI=1S/C26H26ClN5O4S2/c27-21-8-6-18(32-11-1-2-12-32)14-20(21)24(33)30-25(34)31-26-29-22-9-7-19(15-23(22)37-26)38(35,36)13-3-10-28-16-17-4-5-17/h1-2,6-9,11-12,14-15,17,28H,3-5,10,13,16H2,(H2,29,30,31,33,34). The first-order valence-corrected chi connectivity index (χ1v) is 15.0. The van der Waals surface area contributed by atoms with E-state index >= 15 is 0 Å². The summed E-state index contributed by atoms with van der Waals surface area (Å²) in [5.41, 5.74) is 1.41. The van der Waals surface area contributed by atoms with Crippen LogP contribution in [0.1, 0.15) is 29.6 Å². The number of fused-ring (bicyclic) bond motifs is 1. The molecule has 198 valence electrons. The molecule has 12 heteroatoms. The monoisotopic (exact) mass is 571 g/mol. The first-order valence-electron chi connectivity index (χ1n) is 12.2. The molecule has 0 spiro atoms. The molecular weight excluding hydrogens is 546 g/mol.